The van der Waals surface area contributed by atoms with Crippen LogP contribution in [-0.4, -0.2) is 40.8 Å². The molecule has 0 bridgehead atoms. The Labute approximate surface area is 115 Å². The lowest BCUT2D eigenvalue weighted by Gasteiger charge is -2.22. The van der Waals surface area contributed by atoms with Crippen molar-refractivity contribution >= 4 is 18.0 Å². The van der Waals surface area contributed by atoms with Crippen molar-refractivity contribution in [2.75, 3.05) is 13.2 Å². The molecule has 1 atom stereocenters. The van der Waals surface area contributed by atoms with Crippen molar-refractivity contribution in [1.29, 1.82) is 0 Å². The number of benzene rings is 1. The molecule has 1 aromatic rings. The summed E-state index contributed by atoms with van der Waals surface area (Å²) < 4.78 is 5.05. The minimum atomic E-state index is -1.34. The lowest BCUT2D eigenvalue weighted by Crippen LogP contribution is -2.54. The van der Waals surface area contributed by atoms with E-state index < -0.39 is 17.4 Å². The average Bonchev–Trinajstić information content (AvgIpc) is 2.88. The predicted octanol–water partition coefficient (Wildman–Crippen LogP) is 0.765. The largest absolute Gasteiger partial charge is 0.508 e. The van der Waals surface area contributed by atoms with Crippen LogP contribution in [0.2, 0.25) is 0 Å². The number of carbonyl (C=O) groups excluding carboxylic acids is 1. The summed E-state index contributed by atoms with van der Waals surface area (Å²) in [5.41, 5.74) is -0.610. The van der Waals surface area contributed by atoms with Gasteiger partial charge in [0.05, 0.1) is 6.61 Å². The van der Waals surface area contributed by atoms with E-state index in [2.05, 4.69) is 5.32 Å². The summed E-state index contributed by atoms with van der Waals surface area (Å²) in [5.74, 6) is -1.45. The van der Waals surface area contributed by atoms with E-state index >= 15 is 0 Å². The molecule has 0 saturated carbocycles. The first-order valence-electron chi connectivity index (χ1n) is 6.12. The van der Waals surface area contributed by atoms with Gasteiger partial charge in [-0.05, 0) is 23.8 Å². The molecule has 1 aliphatic rings. The van der Waals surface area contributed by atoms with Gasteiger partial charge >= 0.3 is 5.97 Å². The van der Waals surface area contributed by atoms with Crippen LogP contribution >= 0.6 is 0 Å². The molecular formula is C14H15NO5. The van der Waals surface area contributed by atoms with Crippen molar-refractivity contribution in [1.82, 2.24) is 5.32 Å². The van der Waals surface area contributed by atoms with Gasteiger partial charge in [-0.3, -0.25) is 4.79 Å². The Morgan fingerprint density at radius 2 is 2.00 bits per heavy atom. The number of amides is 1. The first-order chi connectivity index (χ1) is 9.52. The molecule has 1 amide bonds. The molecule has 6 heteroatoms. The van der Waals surface area contributed by atoms with Gasteiger partial charge in [-0.1, -0.05) is 12.1 Å². The molecule has 0 aliphatic carbocycles. The second-order valence-electron chi connectivity index (χ2n) is 4.60. The Morgan fingerprint density at radius 3 is 2.55 bits per heavy atom. The smallest absolute Gasteiger partial charge is 0.331 e. The number of rotatable bonds is 4. The van der Waals surface area contributed by atoms with E-state index in [9.17, 15) is 14.7 Å². The van der Waals surface area contributed by atoms with Gasteiger partial charge in [0, 0.05) is 19.1 Å². The van der Waals surface area contributed by atoms with Crippen LogP contribution in [0.15, 0.2) is 30.3 Å². The maximum atomic E-state index is 11.8. The van der Waals surface area contributed by atoms with Crippen LogP contribution < -0.4 is 5.32 Å². The summed E-state index contributed by atoms with van der Waals surface area (Å²) in [5, 5.41) is 20.8. The molecular weight excluding hydrogens is 262 g/mol. The number of hydrogen-bond acceptors (Lipinski definition) is 4. The minimum Gasteiger partial charge on any atom is -0.508 e. The quantitative estimate of drug-likeness (QED) is 0.706. The molecule has 1 aromatic carbocycles. The molecule has 1 heterocycles. The molecule has 1 unspecified atom stereocenters. The SMILES string of the molecule is O=C(C=Cc1ccc(O)cc1)NC1(C(=O)O)CCOC1. The molecule has 0 spiro atoms. The zero-order valence-corrected chi connectivity index (χ0v) is 10.7. The van der Waals surface area contributed by atoms with Crippen LogP contribution in [0.5, 0.6) is 5.75 Å². The average molecular weight is 277 g/mol. The van der Waals surface area contributed by atoms with E-state index in [-0.39, 0.29) is 18.8 Å². The predicted molar refractivity (Wildman–Crippen MR) is 71.1 cm³/mol. The highest BCUT2D eigenvalue weighted by Gasteiger charge is 2.43. The molecule has 1 saturated heterocycles. The third-order valence-electron chi connectivity index (χ3n) is 3.11. The highest BCUT2D eigenvalue weighted by atomic mass is 16.5. The number of phenolic OH excluding ortho intramolecular Hbond substituents is 1. The lowest BCUT2D eigenvalue weighted by atomic mass is 9.99. The number of hydrogen-bond donors (Lipinski definition) is 3. The normalized spacial score (nSPS) is 22.0. The first kappa shape index (κ1) is 14.1. The monoisotopic (exact) mass is 277 g/mol. The van der Waals surface area contributed by atoms with Crippen molar-refractivity contribution in [2.45, 2.75) is 12.0 Å². The van der Waals surface area contributed by atoms with E-state index in [4.69, 9.17) is 9.84 Å². The zero-order chi connectivity index (χ0) is 14.6. The second kappa shape index (κ2) is 5.75. The van der Waals surface area contributed by atoms with Gasteiger partial charge in [0.25, 0.3) is 0 Å². The molecule has 1 fully saturated rings. The summed E-state index contributed by atoms with van der Waals surface area (Å²) >= 11 is 0. The molecule has 0 radical (unpaired) electrons. The Bertz CT molecular complexity index is 529. The number of ether oxygens (including phenoxy) is 1. The van der Waals surface area contributed by atoms with Crippen molar-refractivity contribution in [3.8, 4) is 5.75 Å². The molecule has 1 aliphatic heterocycles. The summed E-state index contributed by atoms with van der Waals surface area (Å²) in [6.45, 7) is 0.287. The molecule has 2 rings (SSSR count). The van der Waals surface area contributed by atoms with E-state index in [0.717, 1.165) is 5.56 Å². The van der Waals surface area contributed by atoms with Crippen molar-refractivity contribution in [2.24, 2.45) is 0 Å². The van der Waals surface area contributed by atoms with Crippen molar-refractivity contribution < 1.29 is 24.5 Å². The highest BCUT2D eigenvalue weighted by molar-refractivity contribution is 5.96. The number of carboxylic acid groups (broad SMARTS) is 1. The van der Waals surface area contributed by atoms with Crippen molar-refractivity contribution in [3.63, 3.8) is 0 Å². The summed E-state index contributed by atoms with van der Waals surface area (Å²) in [7, 11) is 0. The van der Waals surface area contributed by atoms with Gasteiger partial charge < -0.3 is 20.3 Å². The maximum Gasteiger partial charge on any atom is 0.331 e. The van der Waals surface area contributed by atoms with Crippen LogP contribution in [0, 0.1) is 0 Å². The summed E-state index contributed by atoms with van der Waals surface area (Å²) in [6, 6.07) is 6.29. The molecule has 20 heavy (non-hydrogen) atoms. The Hall–Kier alpha value is -2.34. The van der Waals surface area contributed by atoms with Crippen LogP contribution in [-0.2, 0) is 14.3 Å². The topological polar surface area (TPSA) is 95.9 Å². The third kappa shape index (κ3) is 3.16. The van der Waals surface area contributed by atoms with Crippen LogP contribution in [0.4, 0.5) is 0 Å². The fourth-order valence-corrected chi connectivity index (χ4v) is 1.92. The van der Waals surface area contributed by atoms with Crippen LogP contribution in [0.25, 0.3) is 6.08 Å². The summed E-state index contributed by atoms with van der Waals surface area (Å²) in [6.07, 6.45) is 3.05. The molecule has 6 nitrogen and oxygen atoms in total. The maximum absolute atomic E-state index is 11.8. The van der Waals surface area contributed by atoms with Crippen molar-refractivity contribution in [3.05, 3.63) is 35.9 Å². The van der Waals surface area contributed by atoms with Crippen LogP contribution in [0.3, 0.4) is 0 Å². The minimum absolute atomic E-state index is 0.0267. The highest BCUT2D eigenvalue weighted by Crippen LogP contribution is 2.19. The lowest BCUT2D eigenvalue weighted by molar-refractivity contribution is -0.147. The number of aliphatic carboxylic acids is 1. The van der Waals surface area contributed by atoms with Gasteiger partial charge in [0.2, 0.25) is 5.91 Å². The standard InChI is InChI=1S/C14H15NO5/c16-11-4-1-10(2-5-11)3-6-12(17)15-14(13(18)19)7-8-20-9-14/h1-6,16H,7-9H2,(H,15,17)(H,18,19). The van der Waals surface area contributed by atoms with E-state index in [1.54, 1.807) is 18.2 Å². The number of carboxylic acids is 1. The molecule has 0 aromatic heterocycles. The number of carbonyl (C=O) groups is 2. The third-order valence-corrected chi connectivity index (χ3v) is 3.11. The van der Waals surface area contributed by atoms with Gasteiger partial charge in [-0.2, -0.15) is 0 Å². The number of nitrogens with one attached hydrogen (secondary N) is 1. The van der Waals surface area contributed by atoms with E-state index in [1.165, 1.54) is 18.2 Å². The molecule has 3 N–H and O–H groups in total. The number of phenols is 1. The Morgan fingerprint density at radius 1 is 1.30 bits per heavy atom. The fraction of sp³-hybridized carbons (Fsp3) is 0.286. The van der Waals surface area contributed by atoms with Gasteiger partial charge in [-0.25, -0.2) is 4.79 Å². The van der Waals surface area contributed by atoms with E-state index in [1.807, 2.05) is 0 Å². The Balaban J connectivity index is 2.01. The van der Waals surface area contributed by atoms with Crippen LogP contribution in [0.1, 0.15) is 12.0 Å². The Kier molecular flexibility index (Phi) is 4.05. The number of aromatic hydroxyl groups is 1. The van der Waals surface area contributed by atoms with Gasteiger partial charge in [-0.15, -0.1) is 0 Å². The first-order valence-corrected chi connectivity index (χ1v) is 6.12. The molecule has 106 valence electrons. The summed E-state index contributed by atoms with van der Waals surface area (Å²) in [4.78, 5) is 23.0. The van der Waals surface area contributed by atoms with E-state index in [0.29, 0.717) is 6.61 Å². The van der Waals surface area contributed by atoms with Gasteiger partial charge in [0.15, 0.2) is 5.54 Å². The zero-order valence-electron chi connectivity index (χ0n) is 10.7. The second-order valence-corrected chi connectivity index (χ2v) is 4.60. The fourth-order valence-electron chi connectivity index (χ4n) is 1.92. The van der Waals surface area contributed by atoms with Gasteiger partial charge in [0.1, 0.15) is 5.75 Å².